The molecule has 1 rings (SSSR count). The van der Waals surface area contributed by atoms with Gasteiger partial charge in [0.2, 0.25) is 0 Å². The highest BCUT2D eigenvalue weighted by Gasteiger charge is 2.14. The van der Waals surface area contributed by atoms with E-state index in [1.54, 1.807) is 14.0 Å². The van der Waals surface area contributed by atoms with Crippen LogP contribution in [0.2, 0.25) is 0 Å². The highest BCUT2D eigenvalue weighted by atomic mass is 16.1. The van der Waals surface area contributed by atoms with E-state index in [-0.39, 0.29) is 5.78 Å². The van der Waals surface area contributed by atoms with Crippen LogP contribution >= 0.6 is 0 Å². The van der Waals surface area contributed by atoms with Crippen LogP contribution in [0, 0.1) is 12.8 Å². The number of nitrogens with zero attached hydrogens (tertiary/aromatic N) is 2. The van der Waals surface area contributed by atoms with Crippen LogP contribution < -0.4 is 0 Å². The number of hydrogen-bond acceptors (Lipinski definition) is 2. The third kappa shape index (κ3) is 2.35. The molecule has 0 N–H and O–H groups in total. The van der Waals surface area contributed by atoms with Gasteiger partial charge in [0.25, 0.3) is 0 Å². The fourth-order valence-corrected chi connectivity index (χ4v) is 1.70. The minimum Gasteiger partial charge on any atom is -0.302 e. The Bertz CT molecular complexity index is 400. The van der Waals surface area contributed by atoms with Gasteiger partial charge in [-0.1, -0.05) is 13.8 Å². The molecule has 0 radical (unpaired) electrons. The molecule has 1 aromatic rings. The largest absolute Gasteiger partial charge is 0.302 e. The SMILES string of the molecule is CN=C(C(C)C)n1cc(C)cc1C(C)=O. The van der Waals surface area contributed by atoms with Crippen molar-refractivity contribution in [2.24, 2.45) is 10.9 Å². The molecule has 3 nitrogen and oxygen atoms in total. The van der Waals surface area contributed by atoms with Crippen molar-refractivity contribution in [2.75, 3.05) is 7.05 Å². The van der Waals surface area contributed by atoms with E-state index in [0.29, 0.717) is 11.6 Å². The van der Waals surface area contributed by atoms with Crippen molar-refractivity contribution in [1.82, 2.24) is 4.57 Å². The van der Waals surface area contributed by atoms with Crippen LogP contribution in [0.4, 0.5) is 0 Å². The minimum absolute atomic E-state index is 0.0740. The van der Waals surface area contributed by atoms with Crippen LogP contribution in [0.25, 0.3) is 0 Å². The van der Waals surface area contributed by atoms with E-state index < -0.39 is 0 Å². The monoisotopic (exact) mass is 206 g/mol. The van der Waals surface area contributed by atoms with Gasteiger partial charge in [-0.3, -0.25) is 9.79 Å². The molecular formula is C12H18N2O. The van der Waals surface area contributed by atoms with Gasteiger partial charge in [-0.2, -0.15) is 0 Å². The lowest BCUT2D eigenvalue weighted by molar-refractivity contribution is 0.101. The van der Waals surface area contributed by atoms with Crippen molar-refractivity contribution in [3.8, 4) is 0 Å². The first-order chi connectivity index (χ1) is 6.97. The zero-order chi connectivity index (χ0) is 11.6. The first-order valence-corrected chi connectivity index (χ1v) is 5.14. The molecule has 82 valence electrons. The predicted molar refractivity (Wildman–Crippen MR) is 62.8 cm³/mol. The molecule has 0 amide bonds. The average molecular weight is 206 g/mol. The fourth-order valence-electron chi connectivity index (χ4n) is 1.70. The number of hydrogen-bond donors (Lipinski definition) is 0. The van der Waals surface area contributed by atoms with Crippen LogP contribution in [-0.2, 0) is 0 Å². The van der Waals surface area contributed by atoms with Crippen molar-refractivity contribution >= 4 is 11.6 Å². The average Bonchev–Trinajstić information content (AvgIpc) is 2.48. The molecule has 0 unspecified atom stereocenters. The van der Waals surface area contributed by atoms with Crippen molar-refractivity contribution in [2.45, 2.75) is 27.7 Å². The molecule has 0 spiro atoms. The second-order valence-corrected chi connectivity index (χ2v) is 4.07. The Labute approximate surface area is 90.8 Å². The lowest BCUT2D eigenvalue weighted by Gasteiger charge is -2.13. The van der Waals surface area contributed by atoms with Gasteiger partial charge in [-0.25, -0.2) is 0 Å². The van der Waals surface area contributed by atoms with Crippen molar-refractivity contribution in [1.29, 1.82) is 0 Å². The molecule has 1 aromatic heterocycles. The Kier molecular flexibility index (Phi) is 3.45. The number of carbonyl (C=O) groups excluding carboxylic acids is 1. The molecule has 0 bridgehead atoms. The summed E-state index contributed by atoms with van der Waals surface area (Å²) in [5.74, 6) is 1.30. The van der Waals surface area contributed by atoms with E-state index in [9.17, 15) is 4.79 Å². The van der Waals surface area contributed by atoms with Gasteiger partial charge in [-0.15, -0.1) is 0 Å². The summed E-state index contributed by atoms with van der Waals surface area (Å²) < 4.78 is 1.89. The normalized spacial score (nSPS) is 12.3. The molecule has 1 heterocycles. The van der Waals surface area contributed by atoms with Crippen LogP contribution in [0.1, 0.15) is 36.8 Å². The van der Waals surface area contributed by atoms with E-state index in [1.807, 2.05) is 23.8 Å². The van der Waals surface area contributed by atoms with E-state index >= 15 is 0 Å². The number of aromatic nitrogens is 1. The predicted octanol–water partition coefficient (Wildman–Crippen LogP) is 2.53. The fraction of sp³-hybridized carbons (Fsp3) is 0.500. The van der Waals surface area contributed by atoms with Gasteiger partial charge in [0.05, 0.1) is 5.69 Å². The standard InChI is InChI=1S/C12H18N2O/c1-8(2)12(13-5)14-7-9(3)6-11(14)10(4)15/h6-8H,1-5H3. The van der Waals surface area contributed by atoms with Crippen molar-refractivity contribution in [3.05, 3.63) is 23.5 Å². The zero-order valence-corrected chi connectivity index (χ0v) is 10.0. The molecule has 15 heavy (non-hydrogen) atoms. The van der Waals surface area contributed by atoms with Gasteiger partial charge in [0, 0.05) is 26.1 Å². The molecule has 0 aromatic carbocycles. The third-order valence-corrected chi connectivity index (χ3v) is 2.31. The summed E-state index contributed by atoms with van der Waals surface area (Å²) in [5.41, 5.74) is 1.80. The third-order valence-electron chi connectivity index (χ3n) is 2.31. The van der Waals surface area contributed by atoms with Crippen LogP contribution in [0.3, 0.4) is 0 Å². The summed E-state index contributed by atoms with van der Waals surface area (Å²) in [4.78, 5) is 15.7. The first-order valence-electron chi connectivity index (χ1n) is 5.14. The van der Waals surface area contributed by atoms with Crippen LogP contribution in [0.15, 0.2) is 17.3 Å². The van der Waals surface area contributed by atoms with E-state index in [4.69, 9.17) is 0 Å². The molecule has 0 aliphatic carbocycles. The van der Waals surface area contributed by atoms with Crippen molar-refractivity contribution < 1.29 is 4.79 Å². The number of aryl methyl sites for hydroxylation is 1. The molecule has 0 aliphatic rings. The summed E-state index contributed by atoms with van der Waals surface area (Å²) in [6.07, 6.45) is 1.96. The van der Waals surface area contributed by atoms with E-state index in [0.717, 1.165) is 11.4 Å². The maximum atomic E-state index is 11.4. The summed E-state index contributed by atoms with van der Waals surface area (Å²) in [6.45, 7) is 7.71. The number of rotatable bonds is 2. The zero-order valence-electron chi connectivity index (χ0n) is 10.0. The molecule has 0 fully saturated rings. The van der Waals surface area contributed by atoms with Gasteiger partial charge >= 0.3 is 0 Å². The number of ketones is 1. The van der Waals surface area contributed by atoms with Gasteiger partial charge in [0.1, 0.15) is 5.84 Å². The number of aliphatic imine (C=N–C) groups is 1. The Balaban J connectivity index is 3.29. The number of Topliss-reactive ketones (excluding diaryl/α,β-unsaturated/α-hetero) is 1. The topological polar surface area (TPSA) is 34.4 Å². The van der Waals surface area contributed by atoms with E-state index in [2.05, 4.69) is 18.8 Å². The van der Waals surface area contributed by atoms with Gasteiger partial charge in [-0.05, 0) is 18.6 Å². The molecule has 0 saturated heterocycles. The molecule has 0 atom stereocenters. The smallest absolute Gasteiger partial charge is 0.176 e. The maximum Gasteiger partial charge on any atom is 0.176 e. The second kappa shape index (κ2) is 4.43. The van der Waals surface area contributed by atoms with E-state index in [1.165, 1.54) is 0 Å². The van der Waals surface area contributed by atoms with Crippen LogP contribution in [-0.4, -0.2) is 23.2 Å². The summed E-state index contributed by atoms with van der Waals surface area (Å²) in [6, 6.07) is 1.90. The molecule has 0 aliphatic heterocycles. The Morgan fingerprint density at radius 2 is 2.07 bits per heavy atom. The summed E-state index contributed by atoms with van der Waals surface area (Å²) in [5, 5.41) is 0. The summed E-state index contributed by atoms with van der Waals surface area (Å²) >= 11 is 0. The lowest BCUT2D eigenvalue weighted by Crippen LogP contribution is -2.21. The van der Waals surface area contributed by atoms with Gasteiger partial charge < -0.3 is 4.57 Å². The molecule has 3 heteroatoms. The summed E-state index contributed by atoms with van der Waals surface area (Å²) in [7, 11) is 1.76. The lowest BCUT2D eigenvalue weighted by atomic mass is 10.2. The second-order valence-electron chi connectivity index (χ2n) is 4.07. The van der Waals surface area contributed by atoms with Crippen molar-refractivity contribution in [3.63, 3.8) is 0 Å². The molecule has 0 saturated carbocycles. The Morgan fingerprint density at radius 1 is 1.47 bits per heavy atom. The van der Waals surface area contributed by atoms with Gasteiger partial charge in [0.15, 0.2) is 5.78 Å². The highest BCUT2D eigenvalue weighted by molar-refractivity contribution is 5.99. The Hall–Kier alpha value is -1.38. The first kappa shape index (κ1) is 11.7. The minimum atomic E-state index is 0.0740. The quantitative estimate of drug-likeness (QED) is 0.416. The molecular weight excluding hydrogens is 188 g/mol. The number of carbonyl (C=O) groups is 1. The highest BCUT2D eigenvalue weighted by Crippen LogP contribution is 2.12. The Morgan fingerprint density at radius 3 is 2.47 bits per heavy atom. The maximum absolute atomic E-state index is 11.4. The van der Waals surface area contributed by atoms with Crippen LogP contribution in [0.5, 0.6) is 0 Å².